The maximum Gasteiger partial charge on any atom is 0.318 e. The second kappa shape index (κ2) is 2.09. The molecule has 2 amide bonds. The Morgan fingerprint density at radius 3 is 3.18 bits per heavy atom. The number of urea groups is 1. The lowest BCUT2D eigenvalue weighted by atomic mass is 10.2. The number of aliphatic hydroxyl groups excluding tert-OH is 1. The highest BCUT2D eigenvalue weighted by atomic mass is 16.3. The number of fused-ring (bicyclic) bond motifs is 1. The average Bonchev–Trinajstić information content (AvgIpc) is 2.34. The summed E-state index contributed by atoms with van der Waals surface area (Å²) in [5.74, 6) is 0. The van der Waals surface area contributed by atoms with Crippen molar-refractivity contribution in [1.82, 2.24) is 16.0 Å². The van der Waals surface area contributed by atoms with Gasteiger partial charge in [-0.2, -0.15) is 0 Å². The van der Waals surface area contributed by atoms with Gasteiger partial charge < -0.3 is 21.1 Å². The van der Waals surface area contributed by atoms with E-state index in [4.69, 9.17) is 0 Å². The van der Waals surface area contributed by atoms with Crippen molar-refractivity contribution in [3.63, 3.8) is 0 Å². The van der Waals surface area contributed by atoms with E-state index in [0.29, 0.717) is 0 Å². The number of rotatable bonds is 0. The SMILES string of the molecule is O=C1NC(O)C2N=CNC2N1. The molecule has 60 valence electrons. The summed E-state index contributed by atoms with van der Waals surface area (Å²) >= 11 is 0. The normalized spacial score (nSPS) is 40.5. The molecule has 0 aliphatic carbocycles. The van der Waals surface area contributed by atoms with E-state index in [1.54, 1.807) is 0 Å². The number of aliphatic hydroxyl groups is 1. The summed E-state index contributed by atoms with van der Waals surface area (Å²) in [6, 6.07) is -0.690. The third-order valence-electron chi connectivity index (χ3n) is 1.73. The highest BCUT2D eigenvalue weighted by molar-refractivity contribution is 5.77. The Morgan fingerprint density at radius 1 is 1.55 bits per heavy atom. The van der Waals surface area contributed by atoms with Crippen molar-refractivity contribution in [3.05, 3.63) is 0 Å². The summed E-state index contributed by atoms with van der Waals surface area (Å²) in [5, 5.41) is 16.9. The standard InChI is InChI=1S/C5H8N4O2/c10-4-2-3(7-1-6-2)8-5(11)9-4/h1-4,10H,(H,6,7)(H2,8,9,11). The fourth-order valence-corrected chi connectivity index (χ4v) is 1.19. The van der Waals surface area contributed by atoms with Crippen molar-refractivity contribution in [2.75, 3.05) is 0 Å². The molecule has 1 saturated heterocycles. The molecule has 0 aromatic carbocycles. The first-order valence-electron chi connectivity index (χ1n) is 3.30. The van der Waals surface area contributed by atoms with Gasteiger partial charge in [0.05, 0.1) is 6.34 Å². The van der Waals surface area contributed by atoms with Crippen molar-refractivity contribution in [2.24, 2.45) is 4.99 Å². The number of hydrogen-bond donors (Lipinski definition) is 4. The number of hydrogen-bond acceptors (Lipinski definition) is 4. The number of carbonyl (C=O) groups excluding carboxylic acids is 1. The Bertz CT molecular complexity index is 217. The van der Waals surface area contributed by atoms with E-state index in [1.165, 1.54) is 6.34 Å². The van der Waals surface area contributed by atoms with Crippen molar-refractivity contribution in [1.29, 1.82) is 0 Å². The summed E-state index contributed by atoms with van der Waals surface area (Å²) in [5.41, 5.74) is 0. The van der Waals surface area contributed by atoms with Crippen LogP contribution >= 0.6 is 0 Å². The van der Waals surface area contributed by atoms with Gasteiger partial charge in [0.15, 0.2) is 6.23 Å². The lowest BCUT2D eigenvalue weighted by Gasteiger charge is -2.29. The Balaban J connectivity index is 2.14. The molecule has 0 aromatic rings. The van der Waals surface area contributed by atoms with Crippen LogP contribution in [-0.2, 0) is 0 Å². The van der Waals surface area contributed by atoms with Gasteiger partial charge in [-0.15, -0.1) is 0 Å². The highest BCUT2D eigenvalue weighted by Gasteiger charge is 2.36. The van der Waals surface area contributed by atoms with Crippen molar-refractivity contribution >= 4 is 12.4 Å². The zero-order chi connectivity index (χ0) is 7.84. The van der Waals surface area contributed by atoms with Gasteiger partial charge in [-0.1, -0.05) is 0 Å². The van der Waals surface area contributed by atoms with Crippen LogP contribution in [-0.4, -0.2) is 35.9 Å². The van der Waals surface area contributed by atoms with Crippen LogP contribution in [0.4, 0.5) is 4.79 Å². The van der Waals surface area contributed by atoms with Crippen LogP contribution in [0.2, 0.25) is 0 Å². The zero-order valence-electron chi connectivity index (χ0n) is 5.61. The maximum atomic E-state index is 10.7. The zero-order valence-corrected chi connectivity index (χ0v) is 5.61. The smallest absolute Gasteiger partial charge is 0.318 e. The summed E-state index contributed by atoms with van der Waals surface area (Å²) in [6.07, 6.45) is 0.324. The number of carbonyl (C=O) groups is 1. The fourth-order valence-electron chi connectivity index (χ4n) is 1.19. The Kier molecular flexibility index (Phi) is 1.22. The van der Waals surface area contributed by atoms with E-state index in [0.717, 1.165) is 0 Å². The predicted octanol–water partition coefficient (Wildman–Crippen LogP) is -2.06. The number of nitrogens with zero attached hydrogens (tertiary/aromatic N) is 1. The average molecular weight is 156 g/mol. The molecular formula is C5H8N4O2. The monoisotopic (exact) mass is 156 g/mol. The topological polar surface area (TPSA) is 85.8 Å². The number of aliphatic imine (C=N–C) groups is 1. The first-order valence-corrected chi connectivity index (χ1v) is 3.30. The molecule has 2 heterocycles. The molecule has 3 atom stereocenters. The number of amides is 2. The molecule has 1 fully saturated rings. The molecule has 2 rings (SSSR count). The highest BCUT2D eigenvalue weighted by Crippen LogP contribution is 2.08. The van der Waals surface area contributed by atoms with Gasteiger partial charge in [0.1, 0.15) is 12.2 Å². The van der Waals surface area contributed by atoms with Gasteiger partial charge in [0, 0.05) is 0 Å². The van der Waals surface area contributed by atoms with Crippen LogP contribution in [0.25, 0.3) is 0 Å². The van der Waals surface area contributed by atoms with E-state index in [2.05, 4.69) is 20.9 Å². The van der Waals surface area contributed by atoms with Crippen LogP contribution in [0.15, 0.2) is 4.99 Å². The lowest BCUT2D eigenvalue weighted by molar-refractivity contribution is 0.0861. The molecule has 11 heavy (non-hydrogen) atoms. The van der Waals surface area contributed by atoms with Crippen LogP contribution in [0, 0.1) is 0 Å². The molecule has 0 aromatic heterocycles. The molecule has 6 heteroatoms. The molecule has 0 spiro atoms. The summed E-state index contributed by atoms with van der Waals surface area (Å²) in [6.45, 7) is 0. The van der Waals surface area contributed by atoms with Crippen molar-refractivity contribution in [3.8, 4) is 0 Å². The fraction of sp³-hybridized carbons (Fsp3) is 0.600. The lowest BCUT2D eigenvalue weighted by Crippen LogP contribution is -2.64. The summed E-state index contributed by atoms with van der Waals surface area (Å²) in [4.78, 5) is 14.6. The predicted molar refractivity (Wildman–Crippen MR) is 36.9 cm³/mol. The molecule has 4 N–H and O–H groups in total. The third-order valence-corrected chi connectivity index (χ3v) is 1.73. The van der Waals surface area contributed by atoms with Gasteiger partial charge in [0.2, 0.25) is 0 Å². The van der Waals surface area contributed by atoms with E-state index in [9.17, 15) is 9.90 Å². The largest absolute Gasteiger partial charge is 0.371 e. The minimum atomic E-state index is -0.889. The van der Waals surface area contributed by atoms with Crippen LogP contribution < -0.4 is 16.0 Å². The molecule has 3 unspecified atom stereocenters. The summed E-state index contributed by atoms with van der Waals surface area (Å²) < 4.78 is 0. The Labute approximate surface area is 62.7 Å². The van der Waals surface area contributed by atoms with Gasteiger partial charge >= 0.3 is 6.03 Å². The molecule has 2 aliphatic heterocycles. The van der Waals surface area contributed by atoms with Gasteiger partial charge in [0.25, 0.3) is 0 Å². The quantitative estimate of drug-likeness (QED) is 0.325. The van der Waals surface area contributed by atoms with Crippen molar-refractivity contribution < 1.29 is 9.90 Å². The van der Waals surface area contributed by atoms with Crippen LogP contribution in [0.3, 0.4) is 0 Å². The maximum absolute atomic E-state index is 10.7. The van der Waals surface area contributed by atoms with Gasteiger partial charge in [-0.3, -0.25) is 4.99 Å². The van der Waals surface area contributed by atoms with Crippen LogP contribution in [0.1, 0.15) is 0 Å². The van der Waals surface area contributed by atoms with Crippen LogP contribution in [0.5, 0.6) is 0 Å². The number of nitrogens with one attached hydrogen (secondary N) is 3. The molecular weight excluding hydrogens is 148 g/mol. The van der Waals surface area contributed by atoms with E-state index < -0.39 is 6.23 Å². The van der Waals surface area contributed by atoms with Crippen molar-refractivity contribution in [2.45, 2.75) is 18.4 Å². The van der Waals surface area contributed by atoms with E-state index in [-0.39, 0.29) is 18.2 Å². The minimum absolute atomic E-state index is 0.265. The first-order chi connectivity index (χ1) is 5.27. The molecule has 0 radical (unpaired) electrons. The molecule has 6 nitrogen and oxygen atoms in total. The first kappa shape index (κ1) is 6.41. The Morgan fingerprint density at radius 2 is 2.36 bits per heavy atom. The summed E-state index contributed by atoms with van der Waals surface area (Å²) in [7, 11) is 0. The van der Waals surface area contributed by atoms with Gasteiger partial charge in [-0.25, -0.2) is 4.79 Å². The van der Waals surface area contributed by atoms with Gasteiger partial charge in [-0.05, 0) is 0 Å². The Hall–Kier alpha value is -1.30. The second-order valence-corrected chi connectivity index (χ2v) is 2.48. The minimum Gasteiger partial charge on any atom is -0.371 e. The molecule has 0 bridgehead atoms. The van der Waals surface area contributed by atoms with E-state index >= 15 is 0 Å². The third kappa shape index (κ3) is 0.911. The van der Waals surface area contributed by atoms with E-state index in [1.807, 2.05) is 0 Å². The molecule has 2 aliphatic rings. The second-order valence-electron chi connectivity index (χ2n) is 2.48. The molecule has 0 saturated carbocycles.